The van der Waals surface area contributed by atoms with Gasteiger partial charge in [0, 0.05) is 11.5 Å². The largest absolute Gasteiger partial charge is 0.376 e. The second kappa shape index (κ2) is 5.65. The van der Waals surface area contributed by atoms with Crippen LogP contribution in [0.15, 0.2) is 12.1 Å². The number of amides is 1. The monoisotopic (exact) mass is 253 g/mol. The van der Waals surface area contributed by atoms with E-state index >= 15 is 0 Å². The normalized spacial score (nSPS) is 21.4. The van der Waals surface area contributed by atoms with Crippen molar-refractivity contribution < 1.29 is 9.53 Å². The zero-order valence-corrected chi connectivity index (χ0v) is 11.2. The minimum Gasteiger partial charge on any atom is -0.376 e. The van der Waals surface area contributed by atoms with Crippen molar-refractivity contribution in [3.8, 4) is 0 Å². The molecule has 0 aliphatic carbocycles. The Labute approximate surface area is 106 Å². The zero-order chi connectivity index (χ0) is 12.3. The van der Waals surface area contributed by atoms with Crippen LogP contribution in [0.1, 0.15) is 41.2 Å². The molecule has 94 valence electrons. The highest BCUT2D eigenvalue weighted by molar-refractivity contribution is 7.14. The molecule has 4 heteroatoms. The Morgan fingerprint density at radius 3 is 3.06 bits per heavy atom. The molecule has 1 aliphatic heterocycles. The van der Waals surface area contributed by atoms with Gasteiger partial charge in [-0.15, -0.1) is 11.3 Å². The summed E-state index contributed by atoms with van der Waals surface area (Å²) in [5, 5.41) is 3.02. The number of hydrogen-bond acceptors (Lipinski definition) is 3. The Hall–Kier alpha value is -0.870. The second-order valence-electron chi connectivity index (χ2n) is 4.43. The summed E-state index contributed by atoms with van der Waals surface area (Å²) in [5.74, 6) is 0.0256. The second-order valence-corrected chi connectivity index (χ2v) is 5.60. The number of ether oxygens (including phenoxy) is 1. The molecule has 0 radical (unpaired) electrons. The van der Waals surface area contributed by atoms with Crippen LogP contribution in [0.4, 0.5) is 0 Å². The van der Waals surface area contributed by atoms with Crippen LogP contribution in [0.5, 0.6) is 0 Å². The molecule has 1 N–H and O–H groups in total. The summed E-state index contributed by atoms with van der Waals surface area (Å²) in [4.78, 5) is 14.0. The van der Waals surface area contributed by atoms with E-state index in [1.807, 2.05) is 19.1 Å². The number of hydrogen-bond donors (Lipinski definition) is 1. The highest BCUT2D eigenvalue weighted by Crippen LogP contribution is 2.19. The van der Waals surface area contributed by atoms with Gasteiger partial charge in [-0.05, 0) is 38.3 Å². The van der Waals surface area contributed by atoms with E-state index in [1.54, 1.807) is 11.3 Å². The van der Waals surface area contributed by atoms with Gasteiger partial charge in [0.15, 0.2) is 0 Å². The lowest BCUT2D eigenvalue weighted by Gasteiger charge is -2.19. The lowest BCUT2D eigenvalue weighted by molar-refractivity contribution is 0.0714. The molecule has 2 heterocycles. The van der Waals surface area contributed by atoms with E-state index in [1.165, 1.54) is 4.88 Å². The number of carbonyl (C=O) groups excluding carboxylic acids is 1. The van der Waals surface area contributed by atoms with E-state index in [-0.39, 0.29) is 18.1 Å². The van der Waals surface area contributed by atoms with E-state index < -0.39 is 0 Å². The molecular weight excluding hydrogens is 234 g/mol. The molecule has 3 nitrogen and oxygen atoms in total. The standard InChI is InChI=1S/C13H19NO2S/c1-3-10-6-7-12(17-10)13(15)14-9(2)11-5-4-8-16-11/h6-7,9,11H,3-5,8H2,1-2H3,(H,14,15)/t9-,11-/m0/s1. The summed E-state index contributed by atoms with van der Waals surface area (Å²) in [7, 11) is 0. The molecule has 0 spiro atoms. The molecule has 1 aromatic heterocycles. The van der Waals surface area contributed by atoms with Crippen molar-refractivity contribution in [3.63, 3.8) is 0 Å². The van der Waals surface area contributed by atoms with Crippen LogP contribution in [0.3, 0.4) is 0 Å². The first-order valence-corrected chi connectivity index (χ1v) is 7.03. The van der Waals surface area contributed by atoms with Crippen LogP contribution >= 0.6 is 11.3 Å². The van der Waals surface area contributed by atoms with Crippen LogP contribution in [0, 0.1) is 0 Å². The Balaban J connectivity index is 1.91. The molecule has 1 aromatic rings. The fraction of sp³-hybridized carbons (Fsp3) is 0.615. The van der Waals surface area contributed by atoms with Crippen LogP contribution in [0.25, 0.3) is 0 Å². The minimum absolute atomic E-state index is 0.0256. The maximum Gasteiger partial charge on any atom is 0.261 e. The quantitative estimate of drug-likeness (QED) is 0.895. The maximum absolute atomic E-state index is 12.0. The van der Waals surface area contributed by atoms with Crippen LogP contribution in [-0.4, -0.2) is 24.7 Å². The van der Waals surface area contributed by atoms with E-state index in [0.717, 1.165) is 30.7 Å². The molecule has 1 aliphatic rings. The SMILES string of the molecule is CCc1ccc(C(=O)N[C@@H](C)[C@@H]2CCCO2)s1. The molecule has 0 saturated carbocycles. The van der Waals surface area contributed by atoms with Gasteiger partial charge < -0.3 is 10.1 Å². The zero-order valence-electron chi connectivity index (χ0n) is 10.4. The van der Waals surface area contributed by atoms with Gasteiger partial charge in [0.25, 0.3) is 5.91 Å². The molecule has 1 fully saturated rings. The summed E-state index contributed by atoms with van der Waals surface area (Å²) >= 11 is 1.57. The van der Waals surface area contributed by atoms with E-state index in [0.29, 0.717) is 0 Å². The van der Waals surface area contributed by atoms with Crippen molar-refractivity contribution in [1.82, 2.24) is 5.32 Å². The lowest BCUT2D eigenvalue weighted by Crippen LogP contribution is -2.40. The fourth-order valence-electron chi connectivity index (χ4n) is 2.06. The average molecular weight is 253 g/mol. The van der Waals surface area contributed by atoms with Crippen molar-refractivity contribution in [2.24, 2.45) is 0 Å². The maximum atomic E-state index is 12.0. The van der Waals surface area contributed by atoms with Crippen molar-refractivity contribution >= 4 is 17.2 Å². The first-order valence-electron chi connectivity index (χ1n) is 6.22. The molecule has 2 rings (SSSR count). The molecule has 0 bridgehead atoms. The van der Waals surface area contributed by atoms with Gasteiger partial charge in [0.1, 0.15) is 0 Å². The van der Waals surface area contributed by atoms with Crippen molar-refractivity contribution in [3.05, 3.63) is 21.9 Å². The molecule has 17 heavy (non-hydrogen) atoms. The van der Waals surface area contributed by atoms with E-state index in [2.05, 4.69) is 12.2 Å². The molecule has 1 saturated heterocycles. The van der Waals surface area contributed by atoms with E-state index in [4.69, 9.17) is 4.74 Å². The van der Waals surface area contributed by atoms with Crippen molar-refractivity contribution in [1.29, 1.82) is 0 Å². The lowest BCUT2D eigenvalue weighted by atomic mass is 10.1. The van der Waals surface area contributed by atoms with Crippen LogP contribution < -0.4 is 5.32 Å². The highest BCUT2D eigenvalue weighted by Gasteiger charge is 2.24. The Morgan fingerprint density at radius 2 is 2.47 bits per heavy atom. The number of nitrogens with one attached hydrogen (secondary N) is 1. The molecular formula is C13H19NO2S. The smallest absolute Gasteiger partial charge is 0.261 e. The molecule has 1 amide bonds. The van der Waals surface area contributed by atoms with Crippen LogP contribution in [-0.2, 0) is 11.2 Å². The average Bonchev–Trinajstić information content (AvgIpc) is 3.00. The summed E-state index contributed by atoms with van der Waals surface area (Å²) in [6.07, 6.45) is 3.32. The summed E-state index contributed by atoms with van der Waals surface area (Å²) in [5.41, 5.74) is 0. The number of aryl methyl sites for hydroxylation is 1. The fourth-order valence-corrected chi connectivity index (χ4v) is 2.91. The Morgan fingerprint density at radius 1 is 1.65 bits per heavy atom. The topological polar surface area (TPSA) is 38.3 Å². The highest BCUT2D eigenvalue weighted by atomic mass is 32.1. The number of thiophene rings is 1. The van der Waals surface area contributed by atoms with Crippen molar-refractivity contribution in [2.45, 2.75) is 45.3 Å². The summed E-state index contributed by atoms with van der Waals surface area (Å²) in [6.45, 7) is 4.94. The van der Waals surface area contributed by atoms with Gasteiger partial charge >= 0.3 is 0 Å². The van der Waals surface area contributed by atoms with Gasteiger partial charge in [-0.2, -0.15) is 0 Å². The minimum atomic E-state index is 0.0256. The van der Waals surface area contributed by atoms with Crippen molar-refractivity contribution in [2.75, 3.05) is 6.61 Å². The third-order valence-corrected chi connectivity index (χ3v) is 4.34. The number of rotatable bonds is 4. The first-order chi connectivity index (χ1) is 8.20. The molecule has 0 aromatic carbocycles. The van der Waals surface area contributed by atoms with Gasteiger partial charge in [-0.25, -0.2) is 0 Å². The van der Waals surface area contributed by atoms with Crippen LogP contribution in [0.2, 0.25) is 0 Å². The van der Waals surface area contributed by atoms with Gasteiger partial charge in [0.2, 0.25) is 0 Å². The predicted molar refractivity (Wildman–Crippen MR) is 69.6 cm³/mol. The third kappa shape index (κ3) is 3.07. The molecule has 2 atom stereocenters. The third-order valence-electron chi connectivity index (χ3n) is 3.12. The van der Waals surface area contributed by atoms with Gasteiger partial charge in [0.05, 0.1) is 17.0 Å². The Kier molecular flexibility index (Phi) is 4.18. The first kappa shape index (κ1) is 12.6. The summed E-state index contributed by atoms with van der Waals surface area (Å²) in [6, 6.07) is 4.02. The Bertz CT molecular complexity index is 383. The van der Waals surface area contributed by atoms with Gasteiger partial charge in [-0.1, -0.05) is 6.92 Å². The molecule has 0 unspecified atom stereocenters. The van der Waals surface area contributed by atoms with Gasteiger partial charge in [-0.3, -0.25) is 4.79 Å². The summed E-state index contributed by atoms with van der Waals surface area (Å²) < 4.78 is 5.57. The predicted octanol–water partition coefficient (Wildman–Crippen LogP) is 2.61. The number of carbonyl (C=O) groups is 1. The van der Waals surface area contributed by atoms with E-state index in [9.17, 15) is 4.79 Å².